The lowest BCUT2D eigenvalue weighted by Gasteiger charge is -2.28. The molecule has 3 heterocycles. The van der Waals surface area contributed by atoms with Gasteiger partial charge in [-0.3, -0.25) is 0 Å². The molecule has 0 aliphatic carbocycles. The Hall–Kier alpha value is -2.50. The number of alkyl halides is 3. The molecule has 2 aromatic heterocycles. The molecule has 9 nitrogen and oxygen atoms in total. The second-order valence-electron chi connectivity index (χ2n) is 5.83. The molecule has 0 unspecified atom stereocenters. The zero-order chi connectivity index (χ0) is 18.2. The molecule has 0 spiro atoms. The van der Waals surface area contributed by atoms with E-state index >= 15 is 0 Å². The first-order valence-corrected chi connectivity index (χ1v) is 7.48. The summed E-state index contributed by atoms with van der Waals surface area (Å²) < 4.78 is 48.4. The predicted molar refractivity (Wildman–Crippen MR) is 76.6 cm³/mol. The van der Waals surface area contributed by atoms with E-state index in [1.165, 1.54) is 0 Å². The van der Waals surface area contributed by atoms with Crippen LogP contribution < -0.4 is 10.1 Å². The number of rotatable bonds is 4. The smallest absolute Gasteiger partial charge is 0.461 e. The van der Waals surface area contributed by atoms with Crippen molar-refractivity contribution in [2.45, 2.75) is 38.1 Å². The minimum atomic E-state index is -5.12. The molecule has 0 bridgehead atoms. The highest BCUT2D eigenvalue weighted by atomic mass is 19.4. The number of halogens is 3. The van der Waals surface area contributed by atoms with Crippen LogP contribution in [0.1, 0.15) is 26.0 Å². The number of carbonyl (C=O) groups is 1. The fourth-order valence-corrected chi connectivity index (χ4v) is 2.55. The summed E-state index contributed by atoms with van der Waals surface area (Å²) >= 11 is 0. The molecule has 0 aromatic carbocycles. The summed E-state index contributed by atoms with van der Waals surface area (Å²) in [5.41, 5.74) is -1.39. The number of carbonyl (C=O) groups excluding carboxylic acids is 1. The zero-order valence-corrected chi connectivity index (χ0v) is 13.3. The van der Waals surface area contributed by atoms with Crippen molar-refractivity contribution in [3.8, 4) is 6.01 Å². The van der Waals surface area contributed by atoms with E-state index in [-0.39, 0.29) is 41.9 Å². The molecule has 1 aliphatic heterocycles. The molecule has 1 aliphatic rings. The highest BCUT2D eigenvalue weighted by Crippen LogP contribution is 2.37. The van der Waals surface area contributed by atoms with E-state index in [1.54, 1.807) is 13.8 Å². The van der Waals surface area contributed by atoms with E-state index in [0.717, 1.165) is 0 Å². The van der Waals surface area contributed by atoms with Crippen LogP contribution in [0.2, 0.25) is 0 Å². The van der Waals surface area contributed by atoms with Crippen LogP contribution in [0, 0.1) is 0 Å². The average molecular weight is 360 g/mol. The van der Waals surface area contributed by atoms with Crippen molar-refractivity contribution in [1.29, 1.82) is 0 Å². The van der Waals surface area contributed by atoms with E-state index in [4.69, 9.17) is 9.47 Å². The lowest BCUT2D eigenvalue weighted by atomic mass is 9.97. The van der Waals surface area contributed by atoms with Crippen LogP contribution in [0.3, 0.4) is 0 Å². The van der Waals surface area contributed by atoms with Crippen molar-refractivity contribution in [2.75, 3.05) is 13.1 Å². The molecule has 0 amide bonds. The third kappa shape index (κ3) is 3.34. The largest absolute Gasteiger partial charge is 0.490 e. The lowest BCUT2D eigenvalue weighted by molar-refractivity contribution is -0.214. The third-order valence-electron chi connectivity index (χ3n) is 3.57. The molecule has 2 N–H and O–H groups in total. The second kappa shape index (κ2) is 6.10. The highest BCUT2D eigenvalue weighted by Gasteiger charge is 2.50. The van der Waals surface area contributed by atoms with Gasteiger partial charge in [-0.2, -0.15) is 33.5 Å². The number of fused-ring (bicyclic) bond motifs is 1. The van der Waals surface area contributed by atoms with Crippen LogP contribution in [0.4, 0.5) is 13.2 Å². The van der Waals surface area contributed by atoms with Gasteiger partial charge in [0, 0.05) is 13.0 Å². The van der Waals surface area contributed by atoms with Gasteiger partial charge >= 0.3 is 18.2 Å². The summed E-state index contributed by atoms with van der Waals surface area (Å²) in [6.07, 6.45) is -5.30. The first-order valence-electron chi connectivity index (χ1n) is 7.48. The first kappa shape index (κ1) is 17.3. The fraction of sp³-hybridized carbons (Fsp3) is 0.615. The molecule has 0 radical (unpaired) electrons. The molecular formula is C13H15F3N6O3. The molecule has 0 saturated carbocycles. The van der Waals surface area contributed by atoms with Gasteiger partial charge < -0.3 is 14.8 Å². The summed E-state index contributed by atoms with van der Waals surface area (Å²) in [7, 11) is 0. The number of nitrogens with one attached hydrogen (secondary N) is 2. The predicted octanol–water partition coefficient (Wildman–Crippen LogP) is 0.829. The number of hydrogen-bond acceptors (Lipinski definition) is 8. The van der Waals surface area contributed by atoms with Crippen LogP contribution in [0.5, 0.6) is 6.01 Å². The van der Waals surface area contributed by atoms with Gasteiger partial charge in [0.05, 0.1) is 6.10 Å². The topological polar surface area (TPSA) is 115 Å². The quantitative estimate of drug-likeness (QED) is 0.771. The molecule has 25 heavy (non-hydrogen) atoms. The number of hydrogen-bond donors (Lipinski definition) is 2. The van der Waals surface area contributed by atoms with Crippen molar-refractivity contribution in [1.82, 2.24) is 30.7 Å². The number of nitrogens with zero attached hydrogens (tertiary/aromatic N) is 4. The number of aromatic nitrogens is 5. The SMILES string of the molecule is CC(C)Oc1nc([C@]2(OC(=O)C(F)(F)F)CCNC2)c2n[nH]nc2n1. The maximum atomic E-state index is 12.7. The lowest BCUT2D eigenvalue weighted by Crippen LogP contribution is -2.40. The minimum absolute atomic E-state index is 0.0181. The zero-order valence-electron chi connectivity index (χ0n) is 13.3. The van der Waals surface area contributed by atoms with Crippen LogP contribution in [0.15, 0.2) is 0 Å². The number of esters is 1. The number of aromatic amines is 1. The monoisotopic (exact) mass is 360 g/mol. The van der Waals surface area contributed by atoms with Crippen molar-refractivity contribution >= 4 is 17.1 Å². The Bertz CT molecular complexity index is 785. The van der Waals surface area contributed by atoms with Gasteiger partial charge in [-0.25, -0.2) is 4.79 Å². The number of ether oxygens (including phenoxy) is 2. The first-order chi connectivity index (χ1) is 11.7. The van der Waals surface area contributed by atoms with Gasteiger partial charge in [-0.05, 0) is 20.4 Å². The van der Waals surface area contributed by atoms with Gasteiger partial charge in [0.15, 0.2) is 11.1 Å². The van der Waals surface area contributed by atoms with Gasteiger partial charge in [-0.15, -0.1) is 5.10 Å². The standard InChI is InChI=1S/C13H15F3N6O3/c1-6(2)24-11-18-8(7-9(19-11)21-22-20-7)12(3-4-17-5-12)25-10(23)13(14,15)16/h6,17H,3-5H2,1-2H3,(H,18,19,20,21,22)/t12-/m0/s1. The van der Waals surface area contributed by atoms with Crippen molar-refractivity contribution < 1.29 is 27.4 Å². The van der Waals surface area contributed by atoms with Gasteiger partial charge in [0.1, 0.15) is 5.69 Å². The second-order valence-corrected chi connectivity index (χ2v) is 5.83. The van der Waals surface area contributed by atoms with E-state index in [2.05, 4.69) is 30.7 Å². The minimum Gasteiger partial charge on any atom is -0.461 e. The summed E-state index contributed by atoms with van der Waals surface area (Å²) in [4.78, 5) is 19.6. The molecular weight excluding hydrogens is 345 g/mol. The molecule has 3 rings (SSSR count). The summed E-state index contributed by atoms with van der Waals surface area (Å²) in [6, 6.07) is -0.0827. The van der Waals surface area contributed by atoms with Gasteiger partial charge in [0.25, 0.3) is 0 Å². The van der Waals surface area contributed by atoms with Gasteiger partial charge in [-0.1, -0.05) is 0 Å². The van der Waals surface area contributed by atoms with E-state index in [1.807, 2.05) is 0 Å². The Labute approximate surface area is 139 Å². The van der Waals surface area contributed by atoms with Crippen molar-refractivity contribution in [3.63, 3.8) is 0 Å². The average Bonchev–Trinajstić information content (AvgIpc) is 3.14. The third-order valence-corrected chi connectivity index (χ3v) is 3.57. The molecule has 12 heteroatoms. The van der Waals surface area contributed by atoms with Crippen LogP contribution in [-0.4, -0.2) is 56.7 Å². The van der Waals surface area contributed by atoms with Gasteiger partial charge in [0.2, 0.25) is 5.65 Å². The van der Waals surface area contributed by atoms with E-state index in [0.29, 0.717) is 6.54 Å². The Morgan fingerprint density at radius 1 is 1.28 bits per heavy atom. The Balaban J connectivity index is 2.09. The summed E-state index contributed by atoms with van der Waals surface area (Å²) in [5.74, 6) is -2.29. The maximum absolute atomic E-state index is 12.7. The highest BCUT2D eigenvalue weighted by molar-refractivity contribution is 5.78. The molecule has 1 saturated heterocycles. The molecule has 2 aromatic rings. The van der Waals surface area contributed by atoms with Crippen molar-refractivity contribution in [2.24, 2.45) is 0 Å². The fourth-order valence-electron chi connectivity index (χ4n) is 2.55. The Morgan fingerprint density at radius 3 is 2.64 bits per heavy atom. The summed E-state index contributed by atoms with van der Waals surface area (Å²) in [6.45, 7) is 3.78. The molecule has 1 atom stereocenters. The van der Waals surface area contributed by atoms with Crippen LogP contribution >= 0.6 is 0 Å². The number of H-pyrrole nitrogens is 1. The summed E-state index contributed by atoms with van der Waals surface area (Å²) in [5, 5.41) is 12.9. The normalized spacial score (nSPS) is 21.0. The van der Waals surface area contributed by atoms with E-state index < -0.39 is 17.7 Å². The maximum Gasteiger partial charge on any atom is 0.490 e. The molecule has 1 fully saturated rings. The molecule has 136 valence electrons. The Morgan fingerprint density at radius 2 is 2.04 bits per heavy atom. The van der Waals surface area contributed by atoms with Crippen molar-refractivity contribution in [3.05, 3.63) is 5.69 Å². The van der Waals surface area contributed by atoms with E-state index in [9.17, 15) is 18.0 Å². The Kier molecular flexibility index (Phi) is 4.22. The van der Waals surface area contributed by atoms with Crippen LogP contribution in [0.25, 0.3) is 11.2 Å². The van der Waals surface area contributed by atoms with Crippen LogP contribution in [-0.2, 0) is 15.1 Å².